The summed E-state index contributed by atoms with van der Waals surface area (Å²) in [6, 6.07) is 3.79. The van der Waals surface area contributed by atoms with Crippen molar-refractivity contribution in [2.24, 2.45) is 7.05 Å². The molecule has 0 fully saturated rings. The summed E-state index contributed by atoms with van der Waals surface area (Å²) in [4.78, 5) is 13.9. The van der Waals surface area contributed by atoms with Crippen molar-refractivity contribution < 1.29 is 9.90 Å². The molecule has 0 saturated carbocycles. The minimum absolute atomic E-state index is 0.0221. The van der Waals surface area contributed by atoms with Gasteiger partial charge in [-0.3, -0.25) is 9.48 Å². The molecule has 5 nitrogen and oxygen atoms in total. The molecule has 2 aromatic rings. The first-order valence-electron chi connectivity index (χ1n) is 4.97. The summed E-state index contributed by atoms with van der Waals surface area (Å²) in [5.41, 5.74) is 3.34. The average molecular weight is 219 g/mol. The Hall–Kier alpha value is -2.04. The average Bonchev–Trinajstić information content (AvgIpc) is 2.75. The first-order valence-corrected chi connectivity index (χ1v) is 4.97. The molecule has 5 heteroatoms. The third-order valence-electron chi connectivity index (χ3n) is 2.53. The largest absolute Gasteiger partial charge is 0.481 e. The van der Waals surface area contributed by atoms with E-state index in [1.165, 1.54) is 0 Å². The summed E-state index contributed by atoms with van der Waals surface area (Å²) < 4.78 is 1.62. The van der Waals surface area contributed by atoms with Crippen molar-refractivity contribution in [3.63, 3.8) is 0 Å². The number of rotatable bonds is 3. The fraction of sp³-hybridized carbons (Fsp3) is 0.273. The molecule has 0 saturated heterocycles. The van der Waals surface area contributed by atoms with Gasteiger partial charge in [0.15, 0.2) is 0 Å². The second-order valence-corrected chi connectivity index (χ2v) is 3.69. The third kappa shape index (κ3) is 1.71. The summed E-state index contributed by atoms with van der Waals surface area (Å²) in [5.74, 6) is -0.851. The Bertz CT molecular complexity index is 512. The molecule has 0 radical (unpaired) electrons. The molecule has 0 aliphatic heterocycles. The Balaban J connectivity index is 2.55. The van der Waals surface area contributed by atoms with Crippen LogP contribution in [0.4, 0.5) is 0 Å². The molecule has 0 spiro atoms. The number of nitrogens with zero attached hydrogens (tertiary/aromatic N) is 2. The van der Waals surface area contributed by atoms with Crippen LogP contribution in [-0.4, -0.2) is 25.8 Å². The van der Waals surface area contributed by atoms with Crippen molar-refractivity contribution in [2.75, 3.05) is 0 Å². The maximum atomic E-state index is 10.8. The van der Waals surface area contributed by atoms with E-state index in [1.807, 2.05) is 25.3 Å². The van der Waals surface area contributed by atoms with Gasteiger partial charge in [-0.2, -0.15) is 5.10 Å². The molecule has 0 aliphatic carbocycles. The number of hydrogen-bond donors (Lipinski definition) is 2. The van der Waals surface area contributed by atoms with E-state index >= 15 is 0 Å². The number of aryl methyl sites for hydroxylation is 2. The second kappa shape index (κ2) is 3.84. The van der Waals surface area contributed by atoms with Gasteiger partial charge in [-0.25, -0.2) is 0 Å². The molecule has 2 heterocycles. The maximum absolute atomic E-state index is 10.8. The molecule has 2 rings (SSSR count). The van der Waals surface area contributed by atoms with Gasteiger partial charge in [0.25, 0.3) is 0 Å². The van der Waals surface area contributed by atoms with Crippen LogP contribution in [0.1, 0.15) is 11.4 Å². The van der Waals surface area contributed by atoms with Crippen molar-refractivity contribution >= 4 is 5.97 Å². The van der Waals surface area contributed by atoms with Gasteiger partial charge in [-0.1, -0.05) is 0 Å². The fourth-order valence-electron chi connectivity index (χ4n) is 1.89. The number of aromatic nitrogens is 3. The predicted molar refractivity (Wildman–Crippen MR) is 59.1 cm³/mol. The lowest BCUT2D eigenvalue weighted by Gasteiger charge is -2.02. The highest BCUT2D eigenvalue weighted by Gasteiger charge is 2.17. The molecule has 0 aromatic carbocycles. The first-order chi connectivity index (χ1) is 7.59. The van der Waals surface area contributed by atoms with Crippen LogP contribution in [0.15, 0.2) is 18.3 Å². The maximum Gasteiger partial charge on any atom is 0.309 e. The van der Waals surface area contributed by atoms with E-state index in [0.717, 1.165) is 17.0 Å². The zero-order chi connectivity index (χ0) is 11.7. The molecular weight excluding hydrogens is 206 g/mol. The van der Waals surface area contributed by atoms with Gasteiger partial charge in [0.2, 0.25) is 0 Å². The van der Waals surface area contributed by atoms with Crippen LogP contribution in [0.25, 0.3) is 11.3 Å². The lowest BCUT2D eigenvalue weighted by Crippen LogP contribution is -2.07. The molecule has 0 unspecified atom stereocenters. The molecular formula is C11H13N3O2. The molecule has 0 amide bonds. The molecule has 2 N–H and O–H groups in total. The molecule has 16 heavy (non-hydrogen) atoms. The van der Waals surface area contributed by atoms with Crippen molar-refractivity contribution in [3.8, 4) is 11.3 Å². The van der Waals surface area contributed by atoms with Gasteiger partial charge in [0.1, 0.15) is 0 Å². The molecule has 0 bridgehead atoms. The fourth-order valence-corrected chi connectivity index (χ4v) is 1.89. The van der Waals surface area contributed by atoms with Gasteiger partial charge in [-0.05, 0) is 19.1 Å². The highest BCUT2D eigenvalue weighted by Crippen LogP contribution is 2.25. The van der Waals surface area contributed by atoms with Crippen LogP contribution in [0.5, 0.6) is 0 Å². The van der Waals surface area contributed by atoms with Crippen LogP contribution >= 0.6 is 0 Å². The van der Waals surface area contributed by atoms with Crippen molar-refractivity contribution in [1.29, 1.82) is 0 Å². The second-order valence-electron chi connectivity index (χ2n) is 3.69. The van der Waals surface area contributed by atoms with Crippen LogP contribution in [0.2, 0.25) is 0 Å². The molecule has 0 aliphatic rings. The van der Waals surface area contributed by atoms with Crippen LogP contribution < -0.4 is 0 Å². The Kier molecular flexibility index (Phi) is 2.52. The van der Waals surface area contributed by atoms with Crippen LogP contribution in [-0.2, 0) is 18.3 Å². The summed E-state index contributed by atoms with van der Waals surface area (Å²) in [7, 11) is 1.76. The smallest absolute Gasteiger partial charge is 0.309 e. The zero-order valence-corrected chi connectivity index (χ0v) is 9.19. The Morgan fingerprint density at radius 3 is 2.94 bits per heavy atom. The molecule has 2 aromatic heterocycles. The van der Waals surface area contributed by atoms with E-state index in [0.29, 0.717) is 5.69 Å². The topological polar surface area (TPSA) is 70.9 Å². The lowest BCUT2D eigenvalue weighted by atomic mass is 10.1. The monoisotopic (exact) mass is 219 g/mol. The number of H-pyrrole nitrogens is 1. The number of hydrogen-bond acceptors (Lipinski definition) is 2. The summed E-state index contributed by atoms with van der Waals surface area (Å²) >= 11 is 0. The number of carboxylic acid groups (broad SMARTS) is 1. The lowest BCUT2D eigenvalue weighted by molar-refractivity contribution is -0.136. The predicted octanol–water partition coefficient (Wildman–Crippen LogP) is 1.35. The van der Waals surface area contributed by atoms with Gasteiger partial charge in [-0.15, -0.1) is 0 Å². The van der Waals surface area contributed by atoms with Crippen LogP contribution in [0, 0.1) is 6.92 Å². The third-order valence-corrected chi connectivity index (χ3v) is 2.53. The SMILES string of the molecule is Cc1nn(C)c(CC(=O)O)c1-c1ccc[nH]1. The Morgan fingerprint density at radius 2 is 2.38 bits per heavy atom. The van der Waals surface area contributed by atoms with Gasteiger partial charge >= 0.3 is 5.97 Å². The summed E-state index contributed by atoms with van der Waals surface area (Å²) in [5, 5.41) is 13.1. The van der Waals surface area contributed by atoms with E-state index < -0.39 is 5.97 Å². The van der Waals surface area contributed by atoms with E-state index in [2.05, 4.69) is 10.1 Å². The highest BCUT2D eigenvalue weighted by molar-refractivity contribution is 5.75. The minimum Gasteiger partial charge on any atom is -0.481 e. The van der Waals surface area contributed by atoms with Crippen molar-refractivity contribution in [2.45, 2.75) is 13.3 Å². The first kappa shape index (κ1) is 10.5. The number of carbonyl (C=O) groups is 1. The number of carboxylic acids is 1. The Morgan fingerprint density at radius 1 is 1.62 bits per heavy atom. The van der Waals surface area contributed by atoms with E-state index in [9.17, 15) is 4.79 Å². The van der Waals surface area contributed by atoms with E-state index in [4.69, 9.17) is 5.11 Å². The molecule has 84 valence electrons. The van der Waals surface area contributed by atoms with Gasteiger partial charge < -0.3 is 10.1 Å². The van der Waals surface area contributed by atoms with Gasteiger partial charge in [0.05, 0.1) is 17.8 Å². The summed E-state index contributed by atoms with van der Waals surface area (Å²) in [6.45, 7) is 1.88. The van der Waals surface area contributed by atoms with Gasteiger partial charge in [0, 0.05) is 24.5 Å². The summed E-state index contributed by atoms with van der Waals surface area (Å²) in [6.07, 6.45) is 1.79. The highest BCUT2D eigenvalue weighted by atomic mass is 16.4. The van der Waals surface area contributed by atoms with Crippen molar-refractivity contribution in [3.05, 3.63) is 29.7 Å². The standard InChI is InChI=1S/C11H13N3O2/c1-7-11(8-4-3-5-12-8)9(6-10(15)16)14(2)13-7/h3-5,12H,6H2,1-2H3,(H,15,16). The van der Waals surface area contributed by atoms with Crippen LogP contribution in [0.3, 0.4) is 0 Å². The normalized spacial score (nSPS) is 10.6. The molecule has 0 atom stereocenters. The zero-order valence-electron chi connectivity index (χ0n) is 9.19. The number of aliphatic carboxylic acids is 1. The van der Waals surface area contributed by atoms with E-state index in [-0.39, 0.29) is 6.42 Å². The quantitative estimate of drug-likeness (QED) is 0.818. The minimum atomic E-state index is -0.851. The number of aromatic amines is 1. The van der Waals surface area contributed by atoms with E-state index in [1.54, 1.807) is 11.7 Å². The van der Waals surface area contributed by atoms with Crippen molar-refractivity contribution in [1.82, 2.24) is 14.8 Å². The Labute approximate surface area is 92.7 Å². The number of nitrogens with one attached hydrogen (secondary N) is 1.